The Morgan fingerprint density at radius 3 is 2.95 bits per heavy atom. The number of rotatable bonds is 2. The van der Waals surface area contributed by atoms with Crippen molar-refractivity contribution < 1.29 is 14.0 Å². The first-order valence-electron chi connectivity index (χ1n) is 6.48. The number of hydrogen-bond acceptors (Lipinski definition) is 3. The number of furan rings is 1. The van der Waals surface area contributed by atoms with Crippen LogP contribution in [0.2, 0.25) is 0 Å². The Labute approximate surface area is 116 Å². The summed E-state index contributed by atoms with van der Waals surface area (Å²) in [5.41, 5.74) is 1.87. The van der Waals surface area contributed by atoms with Crippen molar-refractivity contribution in [3.63, 3.8) is 0 Å². The van der Waals surface area contributed by atoms with Gasteiger partial charge in [-0.25, -0.2) is 0 Å². The fraction of sp³-hybridized carbons (Fsp3) is 0.200. The van der Waals surface area contributed by atoms with Crippen molar-refractivity contribution in [3.05, 3.63) is 47.9 Å². The van der Waals surface area contributed by atoms with Gasteiger partial charge in [-0.3, -0.25) is 14.5 Å². The molecular formula is C15H14N2O3. The molecule has 2 heterocycles. The van der Waals surface area contributed by atoms with Crippen LogP contribution in [0.15, 0.2) is 41.0 Å². The number of carbonyl (C=O) groups excluding carboxylic acids is 2. The number of fused-ring (bicyclic) bond motifs is 1. The van der Waals surface area contributed by atoms with Crippen LogP contribution in [0, 0.1) is 0 Å². The molecule has 0 spiro atoms. The zero-order chi connectivity index (χ0) is 14.1. The number of nitrogens with one attached hydrogen (secondary N) is 1. The van der Waals surface area contributed by atoms with E-state index in [-0.39, 0.29) is 18.4 Å². The van der Waals surface area contributed by atoms with Crippen molar-refractivity contribution in [2.45, 2.75) is 13.3 Å². The van der Waals surface area contributed by atoms with Crippen LogP contribution in [0.3, 0.4) is 0 Å². The molecule has 0 bridgehead atoms. The standard InChI is InChI=1S/C15H14N2O3/c1-2-13-10(7-8-20-13)15(19)17-9-14(18)16-11-5-3-4-6-12(11)17/h3-8H,2,9H2,1H3,(H,16,18). The van der Waals surface area contributed by atoms with Gasteiger partial charge in [-0.1, -0.05) is 19.1 Å². The summed E-state index contributed by atoms with van der Waals surface area (Å²) in [6, 6.07) is 8.91. The third-order valence-corrected chi connectivity index (χ3v) is 3.31. The molecule has 0 atom stereocenters. The predicted octanol–water partition coefficient (Wildman–Crippen LogP) is 2.44. The van der Waals surface area contributed by atoms with E-state index in [1.54, 1.807) is 12.1 Å². The van der Waals surface area contributed by atoms with Crippen LogP contribution in [0.25, 0.3) is 0 Å². The second kappa shape index (κ2) is 4.85. The summed E-state index contributed by atoms with van der Waals surface area (Å²) in [6.07, 6.45) is 2.14. The number of anilines is 2. The second-order valence-electron chi connectivity index (χ2n) is 4.57. The lowest BCUT2D eigenvalue weighted by atomic mass is 10.1. The number of amides is 2. The molecule has 1 aliphatic rings. The molecule has 1 aliphatic heterocycles. The summed E-state index contributed by atoms with van der Waals surface area (Å²) in [7, 11) is 0. The Kier molecular flexibility index (Phi) is 3.02. The van der Waals surface area contributed by atoms with Gasteiger partial charge in [0.15, 0.2) is 0 Å². The van der Waals surface area contributed by atoms with Crippen molar-refractivity contribution >= 4 is 23.2 Å². The molecule has 1 aromatic heterocycles. The van der Waals surface area contributed by atoms with Crippen LogP contribution in [0.4, 0.5) is 11.4 Å². The normalized spacial score (nSPS) is 13.8. The summed E-state index contributed by atoms with van der Waals surface area (Å²) in [4.78, 5) is 25.9. The molecule has 0 aliphatic carbocycles. The van der Waals surface area contributed by atoms with Gasteiger partial charge < -0.3 is 9.73 Å². The van der Waals surface area contributed by atoms with Crippen molar-refractivity contribution in [1.82, 2.24) is 0 Å². The maximum absolute atomic E-state index is 12.6. The van der Waals surface area contributed by atoms with Gasteiger partial charge in [0.25, 0.3) is 5.91 Å². The van der Waals surface area contributed by atoms with Gasteiger partial charge in [0.2, 0.25) is 5.91 Å². The van der Waals surface area contributed by atoms with E-state index >= 15 is 0 Å². The van der Waals surface area contributed by atoms with Gasteiger partial charge in [0, 0.05) is 6.42 Å². The Hall–Kier alpha value is -2.56. The van der Waals surface area contributed by atoms with Crippen LogP contribution in [-0.4, -0.2) is 18.4 Å². The van der Waals surface area contributed by atoms with Gasteiger partial charge in [-0.05, 0) is 18.2 Å². The predicted molar refractivity (Wildman–Crippen MR) is 74.8 cm³/mol. The summed E-state index contributed by atoms with van der Waals surface area (Å²) in [5, 5.41) is 2.76. The number of para-hydroxylation sites is 2. The Morgan fingerprint density at radius 1 is 1.35 bits per heavy atom. The summed E-state index contributed by atoms with van der Waals surface area (Å²) in [6.45, 7) is 1.94. The van der Waals surface area contributed by atoms with Crippen molar-refractivity contribution in [2.24, 2.45) is 0 Å². The maximum atomic E-state index is 12.6. The van der Waals surface area contributed by atoms with Crippen LogP contribution in [-0.2, 0) is 11.2 Å². The molecule has 20 heavy (non-hydrogen) atoms. The smallest absolute Gasteiger partial charge is 0.262 e. The summed E-state index contributed by atoms with van der Waals surface area (Å²) >= 11 is 0. The highest BCUT2D eigenvalue weighted by Gasteiger charge is 2.29. The fourth-order valence-electron chi connectivity index (χ4n) is 2.36. The van der Waals surface area contributed by atoms with Crippen LogP contribution < -0.4 is 10.2 Å². The zero-order valence-electron chi connectivity index (χ0n) is 11.1. The van der Waals surface area contributed by atoms with Gasteiger partial charge >= 0.3 is 0 Å². The number of hydrogen-bond donors (Lipinski definition) is 1. The van der Waals surface area contributed by atoms with Crippen molar-refractivity contribution in [1.29, 1.82) is 0 Å². The van der Waals surface area contributed by atoms with Crippen molar-refractivity contribution in [3.8, 4) is 0 Å². The van der Waals surface area contributed by atoms with E-state index in [0.29, 0.717) is 29.1 Å². The minimum absolute atomic E-state index is 0.0180. The molecule has 0 saturated carbocycles. The quantitative estimate of drug-likeness (QED) is 0.911. The minimum atomic E-state index is -0.210. The molecule has 0 unspecified atom stereocenters. The van der Waals surface area contributed by atoms with Gasteiger partial charge in [-0.15, -0.1) is 0 Å². The number of aryl methyl sites for hydroxylation is 1. The Balaban J connectivity index is 2.02. The molecule has 2 aromatic rings. The molecule has 3 rings (SSSR count). The molecule has 5 heteroatoms. The molecule has 0 fully saturated rings. The molecule has 2 amide bonds. The second-order valence-corrected chi connectivity index (χ2v) is 4.57. The molecule has 0 saturated heterocycles. The average Bonchev–Trinajstić information content (AvgIpc) is 2.94. The summed E-state index contributed by atoms with van der Waals surface area (Å²) in [5.74, 6) is 0.231. The lowest BCUT2D eigenvalue weighted by Gasteiger charge is -2.29. The van der Waals surface area contributed by atoms with E-state index in [9.17, 15) is 9.59 Å². The van der Waals surface area contributed by atoms with Crippen LogP contribution in [0.5, 0.6) is 0 Å². The number of nitrogens with zero attached hydrogens (tertiary/aromatic N) is 1. The van der Waals surface area contributed by atoms with E-state index in [0.717, 1.165) is 0 Å². The zero-order valence-corrected chi connectivity index (χ0v) is 11.1. The molecule has 1 aromatic carbocycles. The van der Waals surface area contributed by atoms with E-state index in [1.807, 2.05) is 25.1 Å². The fourth-order valence-corrected chi connectivity index (χ4v) is 2.36. The first kappa shape index (κ1) is 12.5. The molecule has 5 nitrogen and oxygen atoms in total. The molecule has 0 radical (unpaired) electrons. The molecular weight excluding hydrogens is 256 g/mol. The number of carbonyl (C=O) groups is 2. The summed E-state index contributed by atoms with van der Waals surface area (Å²) < 4.78 is 5.29. The highest BCUT2D eigenvalue weighted by molar-refractivity contribution is 6.15. The minimum Gasteiger partial charge on any atom is -0.469 e. The third kappa shape index (κ3) is 1.97. The monoisotopic (exact) mass is 270 g/mol. The lowest BCUT2D eigenvalue weighted by Crippen LogP contribution is -2.42. The highest BCUT2D eigenvalue weighted by atomic mass is 16.3. The topological polar surface area (TPSA) is 62.6 Å². The van der Waals surface area contributed by atoms with Crippen LogP contribution >= 0.6 is 0 Å². The molecule has 102 valence electrons. The lowest BCUT2D eigenvalue weighted by molar-refractivity contribution is -0.115. The van der Waals surface area contributed by atoms with E-state index in [2.05, 4.69) is 5.32 Å². The van der Waals surface area contributed by atoms with Gasteiger partial charge in [0.1, 0.15) is 12.3 Å². The van der Waals surface area contributed by atoms with E-state index in [1.165, 1.54) is 11.2 Å². The van der Waals surface area contributed by atoms with Crippen LogP contribution in [0.1, 0.15) is 23.0 Å². The maximum Gasteiger partial charge on any atom is 0.262 e. The SMILES string of the molecule is CCc1occc1C(=O)N1CC(=O)Nc2ccccc21. The van der Waals surface area contributed by atoms with Crippen molar-refractivity contribution in [2.75, 3.05) is 16.8 Å². The number of benzene rings is 1. The Morgan fingerprint density at radius 2 is 2.15 bits per heavy atom. The Bertz CT molecular complexity index is 675. The average molecular weight is 270 g/mol. The van der Waals surface area contributed by atoms with E-state index < -0.39 is 0 Å². The van der Waals surface area contributed by atoms with E-state index in [4.69, 9.17) is 4.42 Å². The highest BCUT2D eigenvalue weighted by Crippen LogP contribution is 2.30. The van der Waals surface area contributed by atoms with Gasteiger partial charge in [-0.2, -0.15) is 0 Å². The molecule has 1 N–H and O–H groups in total. The first-order chi connectivity index (χ1) is 9.70. The largest absolute Gasteiger partial charge is 0.469 e. The third-order valence-electron chi connectivity index (χ3n) is 3.31. The van der Waals surface area contributed by atoms with Gasteiger partial charge in [0.05, 0.1) is 23.2 Å². The first-order valence-corrected chi connectivity index (χ1v) is 6.48.